The van der Waals surface area contributed by atoms with E-state index in [-0.39, 0.29) is 0 Å². The summed E-state index contributed by atoms with van der Waals surface area (Å²) in [5, 5.41) is 0. The minimum absolute atomic E-state index is 0.375. The van der Waals surface area contributed by atoms with Gasteiger partial charge >= 0.3 is 5.97 Å². The number of aryl methyl sites for hydroxylation is 1. The zero-order valence-corrected chi connectivity index (χ0v) is 13.8. The quantitative estimate of drug-likeness (QED) is 0.619. The van der Waals surface area contributed by atoms with Gasteiger partial charge in [0.15, 0.2) is 0 Å². The molecule has 120 valence electrons. The van der Waals surface area contributed by atoms with E-state index in [0.717, 1.165) is 5.56 Å². The molecule has 0 bridgehead atoms. The molecular formula is C19H20O4. The second-order valence-corrected chi connectivity index (χ2v) is 5.03. The van der Waals surface area contributed by atoms with Gasteiger partial charge in [-0.25, -0.2) is 4.79 Å². The van der Waals surface area contributed by atoms with Crippen molar-refractivity contribution in [3.05, 3.63) is 58.7 Å². The van der Waals surface area contributed by atoms with Crippen LogP contribution in [0.1, 0.15) is 27.0 Å². The number of methoxy groups -OCH3 is 3. The Hall–Kier alpha value is -2.75. The monoisotopic (exact) mass is 312 g/mol. The van der Waals surface area contributed by atoms with E-state index in [0.29, 0.717) is 22.6 Å². The van der Waals surface area contributed by atoms with Crippen molar-refractivity contribution in [3.63, 3.8) is 0 Å². The maximum atomic E-state index is 12.1. The van der Waals surface area contributed by atoms with Crippen molar-refractivity contribution in [1.29, 1.82) is 0 Å². The Kier molecular flexibility index (Phi) is 5.41. The molecule has 0 aliphatic carbocycles. The first-order valence-electron chi connectivity index (χ1n) is 7.18. The summed E-state index contributed by atoms with van der Waals surface area (Å²) in [6.07, 6.45) is 3.79. The second kappa shape index (κ2) is 7.49. The first kappa shape index (κ1) is 16.6. The topological polar surface area (TPSA) is 44.8 Å². The van der Waals surface area contributed by atoms with Crippen LogP contribution in [0.2, 0.25) is 0 Å². The molecule has 0 spiro atoms. The maximum absolute atomic E-state index is 12.1. The molecule has 0 atom stereocenters. The third kappa shape index (κ3) is 3.92. The van der Waals surface area contributed by atoms with Gasteiger partial charge in [0.2, 0.25) is 0 Å². The van der Waals surface area contributed by atoms with Crippen molar-refractivity contribution in [2.24, 2.45) is 0 Å². The number of hydrogen-bond acceptors (Lipinski definition) is 4. The van der Waals surface area contributed by atoms with Crippen LogP contribution in [-0.2, 0) is 4.74 Å². The molecule has 0 aliphatic heterocycles. The van der Waals surface area contributed by atoms with E-state index in [1.165, 1.54) is 19.8 Å². The average molecular weight is 312 g/mol. The normalized spacial score (nSPS) is 10.6. The fourth-order valence-electron chi connectivity index (χ4n) is 2.30. The molecule has 0 aliphatic rings. The highest BCUT2D eigenvalue weighted by molar-refractivity contribution is 5.98. The van der Waals surface area contributed by atoms with Crippen LogP contribution in [0.5, 0.6) is 11.5 Å². The lowest BCUT2D eigenvalue weighted by Gasteiger charge is -2.12. The second-order valence-electron chi connectivity index (χ2n) is 5.03. The first-order chi connectivity index (χ1) is 11.1. The molecule has 0 radical (unpaired) electrons. The lowest BCUT2D eigenvalue weighted by molar-refractivity contribution is 0.0597. The molecule has 23 heavy (non-hydrogen) atoms. The summed E-state index contributed by atoms with van der Waals surface area (Å²) in [4.78, 5) is 12.1. The van der Waals surface area contributed by atoms with Gasteiger partial charge in [-0.15, -0.1) is 0 Å². The molecule has 4 heteroatoms. The van der Waals surface area contributed by atoms with Crippen LogP contribution in [0.3, 0.4) is 0 Å². The van der Waals surface area contributed by atoms with Gasteiger partial charge in [0.25, 0.3) is 0 Å². The van der Waals surface area contributed by atoms with Crippen molar-refractivity contribution >= 4 is 18.1 Å². The Morgan fingerprint density at radius 2 is 1.78 bits per heavy atom. The van der Waals surface area contributed by atoms with Crippen molar-refractivity contribution in [2.75, 3.05) is 21.3 Å². The van der Waals surface area contributed by atoms with E-state index in [1.54, 1.807) is 19.2 Å². The van der Waals surface area contributed by atoms with E-state index < -0.39 is 5.97 Å². The molecule has 2 aromatic carbocycles. The minimum Gasteiger partial charge on any atom is -0.497 e. The van der Waals surface area contributed by atoms with Crippen LogP contribution in [0.4, 0.5) is 0 Å². The van der Waals surface area contributed by atoms with Crippen LogP contribution < -0.4 is 9.47 Å². The summed E-state index contributed by atoms with van der Waals surface area (Å²) in [5.41, 5.74) is 3.26. The molecule has 0 aromatic heterocycles. The summed E-state index contributed by atoms with van der Waals surface area (Å²) in [6.45, 7) is 2.03. The summed E-state index contributed by atoms with van der Waals surface area (Å²) in [7, 11) is 4.43. The minimum atomic E-state index is -0.451. The number of carbonyl (C=O) groups excluding carboxylic acids is 1. The first-order valence-corrected chi connectivity index (χ1v) is 7.18. The number of ether oxygens (including phenoxy) is 3. The maximum Gasteiger partial charge on any atom is 0.342 e. The zero-order valence-electron chi connectivity index (χ0n) is 13.8. The van der Waals surface area contributed by atoms with E-state index in [4.69, 9.17) is 14.2 Å². The molecule has 0 saturated carbocycles. The van der Waals surface area contributed by atoms with Gasteiger partial charge in [0.05, 0.1) is 21.3 Å². The number of benzene rings is 2. The highest BCUT2D eigenvalue weighted by Gasteiger charge is 2.18. The standard InChI is InChI=1S/C19H20O4/c1-13-6-5-7-14(10-13)8-9-15-11-16(21-2)12-17(22-3)18(15)19(20)23-4/h5-12H,1-4H3. The molecule has 2 rings (SSSR count). The number of hydrogen-bond donors (Lipinski definition) is 0. The summed E-state index contributed by atoms with van der Waals surface area (Å²) < 4.78 is 15.4. The molecular weight excluding hydrogens is 292 g/mol. The Labute approximate surface area is 136 Å². The fourth-order valence-corrected chi connectivity index (χ4v) is 2.30. The molecule has 0 fully saturated rings. The van der Waals surface area contributed by atoms with E-state index in [9.17, 15) is 4.79 Å². The van der Waals surface area contributed by atoms with Crippen molar-refractivity contribution in [2.45, 2.75) is 6.92 Å². The van der Waals surface area contributed by atoms with Gasteiger partial charge in [-0.2, -0.15) is 0 Å². The van der Waals surface area contributed by atoms with Crippen molar-refractivity contribution in [1.82, 2.24) is 0 Å². The van der Waals surface area contributed by atoms with Gasteiger partial charge in [-0.1, -0.05) is 42.0 Å². The Bertz CT molecular complexity index is 732. The zero-order chi connectivity index (χ0) is 16.8. The van der Waals surface area contributed by atoms with Crippen LogP contribution >= 0.6 is 0 Å². The Morgan fingerprint density at radius 3 is 2.39 bits per heavy atom. The molecule has 0 amide bonds. The summed E-state index contributed by atoms with van der Waals surface area (Å²) in [6, 6.07) is 11.5. The van der Waals surface area contributed by atoms with Gasteiger partial charge in [0, 0.05) is 6.07 Å². The van der Waals surface area contributed by atoms with Crippen LogP contribution in [0, 0.1) is 6.92 Å². The summed E-state index contributed by atoms with van der Waals surface area (Å²) in [5.74, 6) is 0.576. The third-order valence-electron chi connectivity index (χ3n) is 3.45. The fraction of sp³-hybridized carbons (Fsp3) is 0.211. The number of carbonyl (C=O) groups is 1. The van der Waals surface area contributed by atoms with Gasteiger partial charge in [0.1, 0.15) is 17.1 Å². The molecule has 0 heterocycles. The molecule has 4 nitrogen and oxygen atoms in total. The Morgan fingerprint density at radius 1 is 1.00 bits per heavy atom. The predicted octanol–water partition coefficient (Wildman–Crippen LogP) is 3.97. The average Bonchev–Trinajstić information content (AvgIpc) is 2.58. The van der Waals surface area contributed by atoms with E-state index in [2.05, 4.69) is 6.07 Å². The van der Waals surface area contributed by atoms with E-state index >= 15 is 0 Å². The van der Waals surface area contributed by atoms with Crippen molar-refractivity contribution in [3.8, 4) is 11.5 Å². The lowest BCUT2D eigenvalue weighted by atomic mass is 10.0. The van der Waals surface area contributed by atoms with Gasteiger partial charge in [-0.05, 0) is 24.1 Å². The van der Waals surface area contributed by atoms with Gasteiger partial charge in [-0.3, -0.25) is 0 Å². The molecule has 2 aromatic rings. The number of rotatable bonds is 5. The predicted molar refractivity (Wildman–Crippen MR) is 91.0 cm³/mol. The van der Waals surface area contributed by atoms with Crippen LogP contribution in [0.25, 0.3) is 12.2 Å². The largest absolute Gasteiger partial charge is 0.497 e. The van der Waals surface area contributed by atoms with Crippen LogP contribution in [0.15, 0.2) is 36.4 Å². The lowest BCUT2D eigenvalue weighted by Crippen LogP contribution is -2.07. The molecule has 0 N–H and O–H groups in total. The third-order valence-corrected chi connectivity index (χ3v) is 3.45. The highest BCUT2D eigenvalue weighted by Crippen LogP contribution is 2.30. The molecule has 0 unspecified atom stereocenters. The Balaban J connectivity index is 2.52. The number of esters is 1. The van der Waals surface area contributed by atoms with Crippen LogP contribution in [-0.4, -0.2) is 27.3 Å². The highest BCUT2D eigenvalue weighted by atomic mass is 16.5. The van der Waals surface area contributed by atoms with E-state index in [1.807, 2.05) is 37.3 Å². The van der Waals surface area contributed by atoms with Gasteiger partial charge < -0.3 is 14.2 Å². The molecule has 0 saturated heterocycles. The van der Waals surface area contributed by atoms with Crippen molar-refractivity contribution < 1.29 is 19.0 Å². The SMILES string of the molecule is COC(=O)c1c(C=Cc2cccc(C)c2)cc(OC)cc1OC. The summed E-state index contributed by atoms with van der Waals surface area (Å²) >= 11 is 0. The smallest absolute Gasteiger partial charge is 0.342 e.